The lowest BCUT2D eigenvalue weighted by molar-refractivity contribution is -0.769. The van der Waals surface area contributed by atoms with Gasteiger partial charge in [-0.25, -0.2) is 0 Å². The van der Waals surface area contributed by atoms with Gasteiger partial charge in [0, 0.05) is 19.0 Å². The molecule has 2 rings (SSSR count). The second-order valence-electron chi connectivity index (χ2n) is 5.92. The highest BCUT2D eigenvalue weighted by Crippen LogP contribution is 2.37. The van der Waals surface area contributed by atoms with Gasteiger partial charge in [0.25, 0.3) is 5.09 Å². The third-order valence-corrected chi connectivity index (χ3v) is 3.73. The van der Waals surface area contributed by atoms with E-state index in [1.807, 2.05) is 13.8 Å². The summed E-state index contributed by atoms with van der Waals surface area (Å²) in [5.74, 6) is 0. The fraction of sp³-hybridized carbons (Fsp3) is 1.00. The molecule has 2 fully saturated rings. The Morgan fingerprint density at radius 1 is 1.52 bits per heavy atom. The van der Waals surface area contributed by atoms with Crippen molar-refractivity contribution in [2.24, 2.45) is 0 Å². The van der Waals surface area contributed by atoms with Crippen LogP contribution in [0.2, 0.25) is 0 Å². The first kappa shape index (κ1) is 16.4. The number of hydrogen-bond donors (Lipinski definition) is 3. The second-order valence-corrected chi connectivity index (χ2v) is 5.92. The normalized spacial score (nSPS) is 36.7. The second kappa shape index (κ2) is 6.41. The number of hydrogen-bond acceptors (Lipinski definition) is 8. The van der Waals surface area contributed by atoms with Gasteiger partial charge in [0.2, 0.25) is 0 Å². The van der Waals surface area contributed by atoms with Gasteiger partial charge in [0.1, 0.15) is 17.8 Å². The van der Waals surface area contributed by atoms with Crippen molar-refractivity contribution in [1.29, 1.82) is 0 Å². The van der Waals surface area contributed by atoms with Gasteiger partial charge in [0.05, 0.1) is 19.3 Å². The third kappa shape index (κ3) is 3.80. The summed E-state index contributed by atoms with van der Waals surface area (Å²) in [6, 6.07) is 0.225. The summed E-state index contributed by atoms with van der Waals surface area (Å²) < 4.78 is 10.8. The highest BCUT2D eigenvalue weighted by molar-refractivity contribution is 5.05. The molecule has 2 heterocycles. The molecule has 0 bridgehead atoms. The molecule has 9 heteroatoms. The van der Waals surface area contributed by atoms with Crippen LogP contribution < -0.4 is 5.32 Å². The minimum absolute atomic E-state index is 0.0149. The number of rotatable bonds is 7. The maximum Gasteiger partial charge on any atom is 0.294 e. The van der Waals surface area contributed by atoms with Crippen LogP contribution >= 0.6 is 0 Å². The molecule has 0 aromatic heterocycles. The Labute approximate surface area is 122 Å². The average molecular weight is 306 g/mol. The number of aliphatic hydroxyl groups excluding tert-OH is 1. The van der Waals surface area contributed by atoms with Gasteiger partial charge in [-0.1, -0.05) is 13.8 Å². The smallest absolute Gasteiger partial charge is 0.294 e. The zero-order valence-electron chi connectivity index (χ0n) is 12.1. The lowest BCUT2D eigenvalue weighted by Crippen LogP contribution is -2.48. The van der Waals surface area contributed by atoms with E-state index in [9.17, 15) is 20.3 Å². The van der Waals surface area contributed by atoms with Gasteiger partial charge in [-0.15, -0.1) is 10.1 Å². The maximum atomic E-state index is 10.6. The number of aliphatic hydroxyl groups is 2. The standard InChI is InChI=1S/C12H22N2O7/c1-7(2)13-4-8(15)3-12(16)6-20-10-9(21-14(17)18)5-19-11(10)12/h7-11,13,15-16H,3-6H2,1-2H3/t8?,9-,10-,11+,12+/m1/s1. The molecule has 122 valence electrons. The van der Waals surface area contributed by atoms with E-state index in [0.717, 1.165) is 0 Å². The van der Waals surface area contributed by atoms with Crippen molar-refractivity contribution >= 4 is 0 Å². The molecule has 2 saturated heterocycles. The molecule has 21 heavy (non-hydrogen) atoms. The van der Waals surface area contributed by atoms with Crippen LogP contribution in [0.15, 0.2) is 0 Å². The van der Waals surface area contributed by atoms with E-state index in [2.05, 4.69) is 10.2 Å². The largest absolute Gasteiger partial charge is 0.392 e. The first-order valence-corrected chi connectivity index (χ1v) is 7.00. The highest BCUT2D eigenvalue weighted by Gasteiger charge is 2.57. The monoisotopic (exact) mass is 306 g/mol. The van der Waals surface area contributed by atoms with Crippen LogP contribution in [0.4, 0.5) is 0 Å². The number of ether oxygens (including phenoxy) is 2. The summed E-state index contributed by atoms with van der Waals surface area (Å²) in [4.78, 5) is 14.9. The molecular formula is C12H22N2O7. The van der Waals surface area contributed by atoms with Gasteiger partial charge in [-0.2, -0.15) is 0 Å². The first-order valence-electron chi connectivity index (χ1n) is 7.00. The summed E-state index contributed by atoms with van der Waals surface area (Å²) in [5, 5.41) is 33.1. The fourth-order valence-corrected chi connectivity index (χ4v) is 2.79. The topological polar surface area (TPSA) is 123 Å². The number of fused-ring (bicyclic) bond motifs is 1. The van der Waals surface area contributed by atoms with Crippen LogP contribution in [-0.4, -0.2) is 71.1 Å². The van der Waals surface area contributed by atoms with Crippen LogP contribution in [0.5, 0.6) is 0 Å². The summed E-state index contributed by atoms with van der Waals surface area (Å²) >= 11 is 0. The SMILES string of the molecule is CC(C)NCC(O)C[C@]1(O)CO[C@@H]2[C@H](O[N+](=O)[O-])CO[C@@H]21. The first-order chi connectivity index (χ1) is 9.82. The summed E-state index contributed by atoms with van der Waals surface area (Å²) in [6.45, 7) is 4.19. The molecule has 2 aliphatic heterocycles. The summed E-state index contributed by atoms with van der Waals surface area (Å²) in [6.07, 6.45) is -2.95. The Morgan fingerprint density at radius 2 is 2.24 bits per heavy atom. The maximum absolute atomic E-state index is 10.6. The molecule has 0 aliphatic carbocycles. The Kier molecular flexibility index (Phi) is 4.99. The van der Waals surface area contributed by atoms with E-state index >= 15 is 0 Å². The Hall–Kier alpha value is -1.00. The fourth-order valence-electron chi connectivity index (χ4n) is 2.79. The van der Waals surface area contributed by atoms with Crippen molar-refractivity contribution < 1.29 is 29.6 Å². The van der Waals surface area contributed by atoms with Crippen LogP contribution in [0.25, 0.3) is 0 Å². The Balaban J connectivity index is 1.91. The van der Waals surface area contributed by atoms with Gasteiger partial charge >= 0.3 is 0 Å². The van der Waals surface area contributed by atoms with Gasteiger partial charge in [0.15, 0.2) is 6.10 Å². The van der Waals surface area contributed by atoms with E-state index in [-0.39, 0.29) is 25.7 Å². The van der Waals surface area contributed by atoms with Crippen molar-refractivity contribution in [3.05, 3.63) is 10.1 Å². The average Bonchev–Trinajstić information content (AvgIpc) is 2.90. The molecule has 0 spiro atoms. The van der Waals surface area contributed by atoms with E-state index in [4.69, 9.17) is 9.47 Å². The van der Waals surface area contributed by atoms with Crippen LogP contribution in [0, 0.1) is 10.1 Å². The van der Waals surface area contributed by atoms with Crippen molar-refractivity contribution in [2.45, 2.75) is 56.3 Å². The minimum Gasteiger partial charge on any atom is -0.392 e. The van der Waals surface area contributed by atoms with Crippen LogP contribution in [-0.2, 0) is 14.3 Å². The predicted octanol–water partition coefficient (Wildman–Crippen LogP) is -1.16. The minimum atomic E-state index is -1.36. The van der Waals surface area contributed by atoms with Crippen molar-refractivity contribution in [1.82, 2.24) is 5.32 Å². The Morgan fingerprint density at radius 3 is 2.86 bits per heavy atom. The molecule has 3 N–H and O–H groups in total. The van der Waals surface area contributed by atoms with E-state index in [0.29, 0.717) is 6.54 Å². The zero-order chi connectivity index (χ0) is 15.6. The summed E-state index contributed by atoms with van der Waals surface area (Å²) in [7, 11) is 0. The number of nitrogens with one attached hydrogen (secondary N) is 1. The zero-order valence-corrected chi connectivity index (χ0v) is 12.1. The van der Waals surface area contributed by atoms with Crippen molar-refractivity contribution in [2.75, 3.05) is 19.8 Å². The van der Waals surface area contributed by atoms with Crippen LogP contribution in [0.1, 0.15) is 20.3 Å². The molecule has 5 atom stereocenters. The Bertz CT molecular complexity index is 381. The van der Waals surface area contributed by atoms with E-state index < -0.39 is 35.1 Å². The van der Waals surface area contributed by atoms with Crippen LogP contribution in [0.3, 0.4) is 0 Å². The third-order valence-electron chi connectivity index (χ3n) is 3.73. The molecule has 0 saturated carbocycles. The van der Waals surface area contributed by atoms with Crippen molar-refractivity contribution in [3.8, 4) is 0 Å². The molecular weight excluding hydrogens is 284 g/mol. The quantitative estimate of drug-likeness (QED) is 0.397. The molecule has 0 amide bonds. The predicted molar refractivity (Wildman–Crippen MR) is 70.1 cm³/mol. The van der Waals surface area contributed by atoms with E-state index in [1.54, 1.807) is 0 Å². The highest BCUT2D eigenvalue weighted by atomic mass is 17.0. The molecule has 0 radical (unpaired) electrons. The van der Waals surface area contributed by atoms with Gasteiger partial charge in [-0.3, -0.25) is 0 Å². The molecule has 0 aromatic carbocycles. The van der Waals surface area contributed by atoms with Crippen molar-refractivity contribution in [3.63, 3.8) is 0 Å². The van der Waals surface area contributed by atoms with Gasteiger partial charge < -0.3 is 29.8 Å². The van der Waals surface area contributed by atoms with E-state index in [1.165, 1.54) is 0 Å². The molecule has 2 aliphatic rings. The lowest BCUT2D eigenvalue weighted by atomic mass is 9.90. The summed E-state index contributed by atoms with van der Waals surface area (Å²) in [5.41, 5.74) is -1.36. The molecule has 1 unspecified atom stereocenters. The molecule has 0 aromatic rings. The molecule has 9 nitrogen and oxygen atoms in total. The van der Waals surface area contributed by atoms with Gasteiger partial charge in [-0.05, 0) is 0 Å². The lowest BCUT2D eigenvalue weighted by Gasteiger charge is -2.29. The number of nitrogens with zero attached hydrogens (tertiary/aromatic N) is 1.